The van der Waals surface area contributed by atoms with E-state index in [1.165, 1.54) is 27.1 Å². The van der Waals surface area contributed by atoms with Gasteiger partial charge in [-0.05, 0) is 50.6 Å². The van der Waals surface area contributed by atoms with Crippen LogP contribution in [0.3, 0.4) is 0 Å². The fourth-order valence-corrected chi connectivity index (χ4v) is 4.06. The van der Waals surface area contributed by atoms with Crippen molar-refractivity contribution in [3.8, 4) is 5.75 Å². The Bertz CT molecular complexity index is 652. The molecule has 118 valence electrons. The highest BCUT2D eigenvalue weighted by Crippen LogP contribution is 2.27. The molecule has 1 atom stereocenters. The van der Waals surface area contributed by atoms with Crippen LogP contribution in [0.2, 0.25) is 0 Å². The van der Waals surface area contributed by atoms with Gasteiger partial charge >= 0.3 is 0 Å². The number of amides is 1. The second-order valence-electron chi connectivity index (χ2n) is 5.13. The van der Waals surface area contributed by atoms with E-state index in [1.54, 1.807) is 18.4 Å². The Balaban J connectivity index is 1.88. The summed E-state index contributed by atoms with van der Waals surface area (Å²) in [5.74, 6) is 1.26. The molecule has 0 fully saturated rings. The first-order valence-corrected chi connectivity index (χ1v) is 8.93. The van der Waals surface area contributed by atoms with Crippen molar-refractivity contribution in [2.24, 2.45) is 0 Å². The Hall–Kier alpha value is -1.46. The second kappa shape index (κ2) is 7.70. The first kappa shape index (κ1) is 16.9. The lowest BCUT2D eigenvalue weighted by Gasteiger charge is -2.14. The van der Waals surface area contributed by atoms with E-state index in [0.717, 1.165) is 10.6 Å². The normalized spacial score (nSPS) is 12.0. The van der Waals surface area contributed by atoms with E-state index >= 15 is 0 Å². The number of ether oxygens (including phenoxy) is 1. The molecule has 1 N–H and O–H groups in total. The third-order valence-corrected chi connectivity index (χ3v) is 5.31. The van der Waals surface area contributed by atoms with Gasteiger partial charge in [0.25, 0.3) is 0 Å². The van der Waals surface area contributed by atoms with Gasteiger partial charge in [-0.1, -0.05) is 6.07 Å². The summed E-state index contributed by atoms with van der Waals surface area (Å²) in [6, 6.07) is 9.94. The number of nitrogens with one attached hydrogen (secondary N) is 1. The second-order valence-corrected chi connectivity index (χ2v) is 7.63. The monoisotopic (exact) mass is 335 g/mol. The van der Waals surface area contributed by atoms with Gasteiger partial charge in [-0.25, -0.2) is 0 Å². The van der Waals surface area contributed by atoms with Crippen molar-refractivity contribution < 1.29 is 9.53 Å². The zero-order chi connectivity index (χ0) is 16.1. The Morgan fingerprint density at radius 3 is 2.77 bits per heavy atom. The Kier molecular flexibility index (Phi) is 5.91. The van der Waals surface area contributed by atoms with Crippen LogP contribution in [0.15, 0.2) is 35.2 Å². The largest absolute Gasteiger partial charge is 0.497 e. The van der Waals surface area contributed by atoms with E-state index in [0.29, 0.717) is 5.75 Å². The number of hydrogen-bond donors (Lipinski definition) is 1. The molecule has 0 saturated heterocycles. The summed E-state index contributed by atoms with van der Waals surface area (Å²) in [6.07, 6.45) is 0. The molecule has 22 heavy (non-hydrogen) atoms. The van der Waals surface area contributed by atoms with Gasteiger partial charge in [0.15, 0.2) is 0 Å². The van der Waals surface area contributed by atoms with Gasteiger partial charge < -0.3 is 10.1 Å². The lowest BCUT2D eigenvalue weighted by Crippen LogP contribution is -2.28. The minimum absolute atomic E-state index is 0.0448. The zero-order valence-corrected chi connectivity index (χ0v) is 14.9. The molecule has 1 heterocycles. The predicted molar refractivity (Wildman–Crippen MR) is 94.1 cm³/mol. The Labute approximate surface area is 140 Å². The van der Waals surface area contributed by atoms with Crippen molar-refractivity contribution in [2.45, 2.75) is 31.7 Å². The third-order valence-electron chi connectivity index (χ3n) is 3.33. The SMILES string of the molecule is COc1cccc(SCC(=O)NC(C)c2cc(C)sc2C)c1. The van der Waals surface area contributed by atoms with Crippen LogP contribution < -0.4 is 10.1 Å². The molecule has 1 aromatic heterocycles. The topological polar surface area (TPSA) is 38.3 Å². The predicted octanol–water partition coefficient (Wildman–Crippen LogP) is 4.34. The summed E-state index contributed by atoms with van der Waals surface area (Å²) in [6.45, 7) is 6.22. The van der Waals surface area contributed by atoms with Gasteiger partial charge in [0.2, 0.25) is 5.91 Å². The van der Waals surface area contributed by atoms with Crippen LogP contribution in [0, 0.1) is 13.8 Å². The third kappa shape index (κ3) is 4.52. The number of benzene rings is 1. The number of rotatable bonds is 6. The molecular weight excluding hydrogens is 314 g/mol. The molecule has 0 radical (unpaired) electrons. The Morgan fingerprint density at radius 1 is 1.36 bits per heavy atom. The number of hydrogen-bond acceptors (Lipinski definition) is 4. The number of methoxy groups -OCH3 is 1. The molecule has 5 heteroatoms. The highest BCUT2D eigenvalue weighted by Gasteiger charge is 2.14. The Morgan fingerprint density at radius 2 is 2.14 bits per heavy atom. The molecule has 0 aliphatic carbocycles. The fraction of sp³-hybridized carbons (Fsp3) is 0.353. The first-order chi connectivity index (χ1) is 10.5. The molecule has 3 nitrogen and oxygen atoms in total. The summed E-state index contributed by atoms with van der Waals surface area (Å²) in [7, 11) is 1.64. The maximum Gasteiger partial charge on any atom is 0.230 e. The molecule has 0 saturated carbocycles. The standard InChI is InChI=1S/C17H21NO2S2/c1-11-8-16(13(3)22-11)12(2)18-17(19)10-21-15-7-5-6-14(9-15)20-4/h5-9,12H,10H2,1-4H3,(H,18,19). The molecule has 1 aromatic carbocycles. The number of thiophene rings is 1. The van der Waals surface area contributed by atoms with Crippen molar-refractivity contribution in [2.75, 3.05) is 12.9 Å². The smallest absolute Gasteiger partial charge is 0.230 e. The molecule has 2 aromatic rings. The molecule has 0 aliphatic heterocycles. The van der Waals surface area contributed by atoms with Gasteiger partial charge in [-0.3, -0.25) is 4.79 Å². The van der Waals surface area contributed by atoms with Crippen molar-refractivity contribution in [1.82, 2.24) is 5.32 Å². The summed E-state index contributed by atoms with van der Waals surface area (Å²) < 4.78 is 5.19. The average molecular weight is 335 g/mol. The number of thioether (sulfide) groups is 1. The molecule has 1 unspecified atom stereocenters. The van der Waals surface area contributed by atoms with Crippen molar-refractivity contribution in [3.63, 3.8) is 0 Å². The highest BCUT2D eigenvalue weighted by molar-refractivity contribution is 8.00. The van der Waals surface area contributed by atoms with Gasteiger partial charge in [-0.15, -0.1) is 23.1 Å². The van der Waals surface area contributed by atoms with Gasteiger partial charge in [0, 0.05) is 14.6 Å². The molecule has 0 aliphatic rings. The summed E-state index contributed by atoms with van der Waals surface area (Å²) in [5.41, 5.74) is 1.21. The van der Waals surface area contributed by atoms with Crippen molar-refractivity contribution >= 4 is 29.0 Å². The maximum absolute atomic E-state index is 12.1. The number of carbonyl (C=O) groups is 1. The van der Waals surface area contributed by atoms with Gasteiger partial charge in [0.1, 0.15) is 5.75 Å². The molecule has 2 rings (SSSR count). The lowest BCUT2D eigenvalue weighted by atomic mass is 10.1. The van der Waals surface area contributed by atoms with E-state index in [-0.39, 0.29) is 11.9 Å². The minimum atomic E-state index is 0.0448. The van der Waals surface area contributed by atoms with Crippen LogP contribution in [-0.4, -0.2) is 18.8 Å². The van der Waals surface area contributed by atoms with Crippen LogP contribution in [0.4, 0.5) is 0 Å². The van der Waals surface area contributed by atoms with E-state index in [1.807, 2.05) is 31.2 Å². The first-order valence-electron chi connectivity index (χ1n) is 7.12. The summed E-state index contributed by atoms with van der Waals surface area (Å²) in [5, 5.41) is 3.06. The van der Waals surface area contributed by atoms with E-state index < -0.39 is 0 Å². The quantitative estimate of drug-likeness (QED) is 0.798. The lowest BCUT2D eigenvalue weighted by molar-refractivity contribution is -0.119. The molecule has 0 spiro atoms. The van der Waals surface area contributed by atoms with Gasteiger partial charge in [-0.2, -0.15) is 0 Å². The molecular formula is C17H21NO2S2. The van der Waals surface area contributed by atoms with Crippen LogP contribution in [0.1, 0.15) is 28.3 Å². The molecule has 0 bridgehead atoms. The van der Waals surface area contributed by atoms with Gasteiger partial charge in [0.05, 0.1) is 18.9 Å². The van der Waals surface area contributed by atoms with Crippen molar-refractivity contribution in [3.05, 3.63) is 45.6 Å². The van der Waals surface area contributed by atoms with Crippen molar-refractivity contribution in [1.29, 1.82) is 0 Å². The van der Waals surface area contributed by atoms with E-state index in [9.17, 15) is 4.79 Å². The maximum atomic E-state index is 12.1. The van der Waals surface area contributed by atoms with E-state index in [2.05, 4.69) is 25.2 Å². The van der Waals surface area contributed by atoms with Crippen LogP contribution in [0.25, 0.3) is 0 Å². The van der Waals surface area contributed by atoms with Crippen LogP contribution >= 0.6 is 23.1 Å². The molecule has 1 amide bonds. The zero-order valence-electron chi connectivity index (χ0n) is 13.3. The van der Waals surface area contributed by atoms with Crippen LogP contribution in [-0.2, 0) is 4.79 Å². The summed E-state index contributed by atoms with van der Waals surface area (Å²) in [4.78, 5) is 15.7. The highest BCUT2D eigenvalue weighted by atomic mass is 32.2. The fourth-order valence-electron chi connectivity index (χ4n) is 2.28. The van der Waals surface area contributed by atoms with E-state index in [4.69, 9.17) is 4.74 Å². The minimum Gasteiger partial charge on any atom is -0.497 e. The number of aryl methyl sites for hydroxylation is 2. The number of carbonyl (C=O) groups excluding carboxylic acids is 1. The average Bonchev–Trinajstić information content (AvgIpc) is 2.84. The van der Waals surface area contributed by atoms with Crippen LogP contribution in [0.5, 0.6) is 5.75 Å². The summed E-state index contributed by atoms with van der Waals surface area (Å²) >= 11 is 3.28.